The van der Waals surface area contributed by atoms with Gasteiger partial charge in [0.1, 0.15) is 12.2 Å². The van der Waals surface area contributed by atoms with Gasteiger partial charge in [-0.25, -0.2) is 4.79 Å². The number of benzene rings is 1. The first-order chi connectivity index (χ1) is 10.7. The molecule has 128 valence electrons. The lowest BCUT2D eigenvalue weighted by atomic mass is 10.1. The number of rotatable bonds is 6. The summed E-state index contributed by atoms with van der Waals surface area (Å²) in [7, 11) is 0. The van der Waals surface area contributed by atoms with Crippen LogP contribution in [0.4, 0.5) is 4.79 Å². The molecule has 0 saturated heterocycles. The van der Waals surface area contributed by atoms with Crippen LogP contribution in [0.5, 0.6) is 0 Å². The molecule has 1 aromatic carbocycles. The predicted octanol–water partition coefficient (Wildman–Crippen LogP) is 2.39. The standard InChI is InChI=1S/C17H25NO5/c1-12(19)14(10-15(20)23-17(2,3)4)18-16(21)22-11-13-8-6-5-7-9-13/h5-9,12,14,19H,10-11H2,1-4H3,(H,18,21)/t12?,14-/m0/s1. The molecular formula is C17H25NO5. The third-order valence-corrected chi connectivity index (χ3v) is 2.90. The average molecular weight is 323 g/mol. The van der Waals surface area contributed by atoms with Crippen LogP contribution in [-0.4, -0.2) is 34.9 Å². The molecule has 2 N–H and O–H groups in total. The molecule has 1 aromatic rings. The number of carbonyl (C=O) groups excluding carboxylic acids is 2. The lowest BCUT2D eigenvalue weighted by molar-refractivity contribution is -0.156. The van der Waals surface area contributed by atoms with Gasteiger partial charge in [-0.3, -0.25) is 4.79 Å². The normalized spacial score (nSPS) is 13.8. The Morgan fingerprint density at radius 3 is 2.35 bits per heavy atom. The predicted molar refractivity (Wildman–Crippen MR) is 85.7 cm³/mol. The number of hydrogen-bond acceptors (Lipinski definition) is 5. The minimum atomic E-state index is -0.910. The zero-order valence-electron chi connectivity index (χ0n) is 14.0. The maximum atomic E-state index is 11.8. The van der Waals surface area contributed by atoms with Crippen molar-refractivity contribution < 1.29 is 24.2 Å². The van der Waals surface area contributed by atoms with E-state index in [9.17, 15) is 14.7 Å². The van der Waals surface area contributed by atoms with E-state index in [0.29, 0.717) is 0 Å². The van der Waals surface area contributed by atoms with Gasteiger partial charge in [-0.1, -0.05) is 30.3 Å². The Kier molecular flexibility index (Phi) is 7.03. The van der Waals surface area contributed by atoms with E-state index in [4.69, 9.17) is 9.47 Å². The lowest BCUT2D eigenvalue weighted by Gasteiger charge is -2.24. The molecule has 0 spiro atoms. The molecule has 0 radical (unpaired) electrons. The highest BCUT2D eigenvalue weighted by Crippen LogP contribution is 2.11. The van der Waals surface area contributed by atoms with Gasteiger partial charge in [0.2, 0.25) is 0 Å². The van der Waals surface area contributed by atoms with Crippen LogP contribution in [0.25, 0.3) is 0 Å². The molecule has 6 heteroatoms. The number of amides is 1. The van der Waals surface area contributed by atoms with Crippen molar-refractivity contribution in [1.82, 2.24) is 5.32 Å². The average Bonchev–Trinajstić information content (AvgIpc) is 2.43. The third-order valence-electron chi connectivity index (χ3n) is 2.90. The number of ether oxygens (including phenoxy) is 2. The molecule has 1 amide bonds. The smallest absolute Gasteiger partial charge is 0.407 e. The highest BCUT2D eigenvalue weighted by atomic mass is 16.6. The zero-order valence-corrected chi connectivity index (χ0v) is 14.0. The minimum Gasteiger partial charge on any atom is -0.460 e. The highest BCUT2D eigenvalue weighted by molar-refractivity contribution is 5.73. The largest absolute Gasteiger partial charge is 0.460 e. The quantitative estimate of drug-likeness (QED) is 0.785. The van der Waals surface area contributed by atoms with Gasteiger partial charge in [0.15, 0.2) is 0 Å². The number of carbonyl (C=O) groups is 2. The van der Waals surface area contributed by atoms with Crippen LogP contribution < -0.4 is 5.32 Å². The fourth-order valence-corrected chi connectivity index (χ4v) is 1.82. The number of hydrogen-bond donors (Lipinski definition) is 2. The summed E-state index contributed by atoms with van der Waals surface area (Å²) in [5.74, 6) is -0.494. The molecule has 0 aromatic heterocycles. The fourth-order valence-electron chi connectivity index (χ4n) is 1.82. The van der Waals surface area contributed by atoms with Crippen molar-refractivity contribution in [1.29, 1.82) is 0 Å². The van der Waals surface area contributed by atoms with E-state index >= 15 is 0 Å². The maximum absolute atomic E-state index is 11.8. The maximum Gasteiger partial charge on any atom is 0.407 e. The molecule has 23 heavy (non-hydrogen) atoms. The first kappa shape index (κ1) is 19.0. The summed E-state index contributed by atoms with van der Waals surface area (Å²) < 4.78 is 10.3. The van der Waals surface area contributed by atoms with Crippen LogP contribution in [0.3, 0.4) is 0 Å². The summed E-state index contributed by atoms with van der Waals surface area (Å²) in [6.45, 7) is 6.87. The van der Waals surface area contributed by atoms with Gasteiger partial charge in [-0.05, 0) is 33.3 Å². The molecule has 0 fully saturated rings. The Morgan fingerprint density at radius 1 is 1.22 bits per heavy atom. The molecule has 6 nitrogen and oxygen atoms in total. The van der Waals surface area contributed by atoms with Crippen molar-refractivity contribution in [3.63, 3.8) is 0 Å². The van der Waals surface area contributed by atoms with E-state index < -0.39 is 29.8 Å². The molecule has 0 aliphatic carbocycles. The molecule has 0 bridgehead atoms. The first-order valence-corrected chi connectivity index (χ1v) is 7.54. The number of nitrogens with one attached hydrogen (secondary N) is 1. The monoisotopic (exact) mass is 323 g/mol. The summed E-state index contributed by atoms with van der Waals surface area (Å²) in [6, 6.07) is 8.46. The van der Waals surface area contributed by atoms with Gasteiger partial charge in [-0.2, -0.15) is 0 Å². The Labute approximate surface area is 136 Å². The van der Waals surface area contributed by atoms with Crippen molar-refractivity contribution in [2.45, 2.75) is 58.5 Å². The van der Waals surface area contributed by atoms with E-state index in [1.807, 2.05) is 30.3 Å². The van der Waals surface area contributed by atoms with Crippen LogP contribution in [0.2, 0.25) is 0 Å². The summed E-state index contributed by atoms with van der Waals surface area (Å²) in [6.07, 6.45) is -1.73. The molecule has 0 saturated carbocycles. The van der Waals surface area contributed by atoms with E-state index in [0.717, 1.165) is 5.56 Å². The number of alkyl carbamates (subject to hydrolysis) is 1. The topological polar surface area (TPSA) is 84.9 Å². The summed E-state index contributed by atoms with van der Waals surface area (Å²) in [5.41, 5.74) is 0.233. The van der Waals surface area contributed by atoms with Crippen LogP contribution in [-0.2, 0) is 20.9 Å². The van der Waals surface area contributed by atoms with Crippen molar-refractivity contribution >= 4 is 12.1 Å². The second kappa shape index (κ2) is 8.53. The van der Waals surface area contributed by atoms with Crippen LogP contribution in [0.15, 0.2) is 30.3 Å². The van der Waals surface area contributed by atoms with Gasteiger partial charge < -0.3 is 19.9 Å². The molecule has 1 rings (SSSR count). The van der Waals surface area contributed by atoms with Gasteiger partial charge in [-0.15, -0.1) is 0 Å². The molecule has 0 aliphatic rings. The molecule has 1 unspecified atom stereocenters. The number of aliphatic hydroxyl groups excluding tert-OH is 1. The number of aliphatic hydroxyl groups is 1. The second-order valence-electron chi connectivity index (χ2n) is 6.34. The van der Waals surface area contributed by atoms with Crippen LogP contribution in [0.1, 0.15) is 39.7 Å². The molecule has 0 heterocycles. The van der Waals surface area contributed by atoms with Crippen molar-refractivity contribution in [2.75, 3.05) is 0 Å². The van der Waals surface area contributed by atoms with E-state index in [1.165, 1.54) is 6.92 Å². The van der Waals surface area contributed by atoms with Gasteiger partial charge in [0.05, 0.1) is 18.6 Å². The Hall–Kier alpha value is -2.08. The molecule has 0 aliphatic heterocycles. The van der Waals surface area contributed by atoms with Gasteiger partial charge in [0, 0.05) is 0 Å². The summed E-state index contributed by atoms with van der Waals surface area (Å²) >= 11 is 0. The Bertz CT molecular complexity index is 507. The molecular weight excluding hydrogens is 298 g/mol. The summed E-state index contributed by atoms with van der Waals surface area (Å²) in [4.78, 5) is 23.6. The first-order valence-electron chi connectivity index (χ1n) is 7.54. The van der Waals surface area contributed by atoms with Gasteiger partial charge in [0.25, 0.3) is 0 Å². The third kappa shape index (κ3) is 8.21. The van der Waals surface area contributed by atoms with Crippen LogP contribution >= 0.6 is 0 Å². The minimum absolute atomic E-state index is 0.117. The van der Waals surface area contributed by atoms with Gasteiger partial charge >= 0.3 is 12.1 Å². The summed E-state index contributed by atoms with van der Waals surface area (Å²) in [5, 5.41) is 12.2. The Balaban J connectivity index is 2.48. The lowest BCUT2D eigenvalue weighted by Crippen LogP contribution is -2.44. The number of esters is 1. The molecule has 2 atom stereocenters. The van der Waals surface area contributed by atoms with Crippen molar-refractivity contribution in [3.8, 4) is 0 Å². The van der Waals surface area contributed by atoms with Crippen LogP contribution in [0, 0.1) is 0 Å². The van der Waals surface area contributed by atoms with E-state index in [-0.39, 0.29) is 13.0 Å². The van der Waals surface area contributed by atoms with Crippen molar-refractivity contribution in [2.24, 2.45) is 0 Å². The fraction of sp³-hybridized carbons (Fsp3) is 0.529. The Morgan fingerprint density at radius 2 is 1.83 bits per heavy atom. The second-order valence-corrected chi connectivity index (χ2v) is 6.34. The van der Waals surface area contributed by atoms with E-state index in [2.05, 4.69) is 5.32 Å². The SMILES string of the molecule is CC(O)[C@H](CC(=O)OC(C)(C)C)NC(=O)OCc1ccccc1. The zero-order chi connectivity index (χ0) is 17.5. The van der Waals surface area contributed by atoms with E-state index in [1.54, 1.807) is 20.8 Å². The van der Waals surface area contributed by atoms with Crippen molar-refractivity contribution in [3.05, 3.63) is 35.9 Å². The highest BCUT2D eigenvalue weighted by Gasteiger charge is 2.25.